The lowest BCUT2D eigenvalue weighted by Gasteiger charge is -2.55. The van der Waals surface area contributed by atoms with Gasteiger partial charge in [0.25, 0.3) is 0 Å². The van der Waals surface area contributed by atoms with Gasteiger partial charge in [0.15, 0.2) is 5.78 Å². The predicted molar refractivity (Wildman–Crippen MR) is 90.4 cm³/mol. The summed E-state index contributed by atoms with van der Waals surface area (Å²) in [5.74, 6) is 5.73. The third-order valence-corrected chi connectivity index (χ3v) is 8.05. The number of rotatable bonds is 3. The lowest BCUT2D eigenvalue weighted by molar-refractivity contribution is -0.116. The van der Waals surface area contributed by atoms with E-state index in [1.54, 1.807) is 5.57 Å². The minimum Gasteiger partial charge on any atom is -0.295 e. The van der Waals surface area contributed by atoms with Gasteiger partial charge in [0.1, 0.15) is 0 Å². The zero-order valence-corrected chi connectivity index (χ0v) is 14.6. The minimum absolute atomic E-state index is 0.412. The van der Waals surface area contributed by atoms with Gasteiger partial charge in [-0.1, -0.05) is 39.2 Å². The van der Waals surface area contributed by atoms with Crippen molar-refractivity contribution in [1.82, 2.24) is 0 Å². The summed E-state index contributed by atoms with van der Waals surface area (Å²) in [6.45, 7) is 7.37. The fraction of sp³-hybridized carbons (Fsp3) is 0.857. The largest absolute Gasteiger partial charge is 0.295 e. The molecule has 4 aliphatic rings. The Balaban J connectivity index is 1.68. The summed E-state index contributed by atoms with van der Waals surface area (Å²) in [6, 6.07) is 0. The van der Waals surface area contributed by atoms with Crippen LogP contribution >= 0.6 is 0 Å². The Bertz CT molecular complexity index is 504. The second kappa shape index (κ2) is 5.21. The van der Waals surface area contributed by atoms with E-state index in [4.69, 9.17) is 0 Å². The number of fused-ring (bicyclic) bond motifs is 6. The quantitative estimate of drug-likeness (QED) is 0.682. The average molecular weight is 300 g/mol. The van der Waals surface area contributed by atoms with E-state index in [1.807, 2.05) is 0 Å². The van der Waals surface area contributed by atoms with E-state index in [2.05, 4.69) is 26.8 Å². The van der Waals surface area contributed by atoms with Crippen molar-refractivity contribution >= 4 is 5.78 Å². The monoisotopic (exact) mass is 300 g/mol. The highest BCUT2D eigenvalue weighted by Crippen LogP contribution is 2.68. The van der Waals surface area contributed by atoms with Crippen LogP contribution in [-0.4, -0.2) is 5.78 Å². The summed E-state index contributed by atoms with van der Waals surface area (Å²) in [6.07, 6.45) is 12.4. The zero-order valence-electron chi connectivity index (χ0n) is 14.6. The van der Waals surface area contributed by atoms with Crippen LogP contribution in [0.4, 0.5) is 0 Å². The number of carbonyl (C=O) groups excluding carboxylic acids is 1. The van der Waals surface area contributed by atoms with Crippen molar-refractivity contribution < 1.29 is 4.79 Å². The Morgan fingerprint density at radius 3 is 2.73 bits per heavy atom. The van der Waals surface area contributed by atoms with Crippen LogP contribution in [0.25, 0.3) is 0 Å². The van der Waals surface area contributed by atoms with Crippen LogP contribution in [0.15, 0.2) is 11.6 Å². The molecule has 0 spiro atoms. The highest BCUT2D eigenvalue weighted by atomic mass is 16.1. The Morgan fingerprint density at radius 2 is 2.00 bits per heavy atom. The van der Waals surface area contributed by atoms with E-state index in [9.17, 15) is 4.79 Å². The molecule has 0 aliphatic heterocycles. The Hall–Kier alpha value is -0.590. The molecule has 4 aliphatic carbocycles. The van der Waals surface area contributed by atoms with Crippen molar-refractivity contribution in [1.29, 1.82) is 0 Å². The van der Waals surface area contributed by atoms with Crippen LogP contribution < -0.4 is 0 Å². The highest BCUT2D eigenvalue weighted by molar-refractivity contribution is 5.91. The van der Waals surface area contributed by atoms with E-state index in [0.29, 0.717) is 11.2 Å². The molecule has 3 saturated carbocycles. The van der Waals surface area contributed by atoms with E-state index < -0.39 is 0 Å². The second-order valence-electron chi connectivity index (χ2n) is 8.94. The standard InChI is InChI=1S/C21H32O/c1-4-6-19-20-15(9-10-21(19,3)5-2)14-8-7-13(22)11-16(14)17-12-18(17)20/h11,14-15,17-20H,4-10,12H2,1-3H3. The minimum atomic E-state index is 0.412. The Kier molecular flexibility index (Phi) is 3.55. The molecule has 0 aromatic carbocycles. The van der Waals surface area contributed by atoms with Gasteiger partial charge in [-0.3, -0.25) is 4.79 Å². The molecule has 1 heteroatoms. The number of carbonyl (C=O) groups is 1. The van der Waals surface area contributed by atoms with E-state index in [1.165, 1.54) is 38.5 Å². The summed E-state index contributed by atoms with van der Waals surface area (Å²) in [5.41, 5.74) is 2.17. The summed E-state index contributed by atoms with van der Waals surface area (Å²) in [4.78, 5) is 11.9. The van der Waals surface area contributed by atoms with Crippen LogP contribution in [-0.2, 0) is 4.79 Å². The first kappa shape index (κ1) is 15.0. The molecule has 0 aromatic heterocycles. The van der Waals surface area contributed by atoms with Gasteiger partial charge in [-0.15, -0.1) is 0 Å². The van der Waals surface area contributed by atoms with Gasteiger partial charge < -0.3 is 0 Å². The SMILES string of the molecule is CCCC1C2C(CCC1(C)CC)C1CCC(=O)C=C1C1CC12. The molecule has 0 amide bonds. The smallest absolute Gasteiger partial charge is 0.155 e. The summed E-state index contributed by atoms with van der Waals surface area (Å²) < 4.78 is 0. The topological polar surface area (TPSA) is 17.1 Å². The molecule has 7 atom stereocenters. The Labute approximate surface area is 135 Å². The Morgan fingerprint density at radius 1 is 1.18 bits per heavy atom. The summed E-state index contributed by atoms with van der Waals surface area (Å²) in [5, 5.41) is 0. The maximum absolute atomic E-state index is 11.9. The summed E-state index contributed by atoms with van der Waals surface area (Å²) >= 11 is 0. The molecule has 1 nitrogen and oxygen atoms in total. The van der Waals surface area contributed by atoms with Crippen LogP contribution in [0.2, 0.25) is 0 Å². The second-order valence-corrected chi connectivity index (χ2v) is 8.94. The lowest BCUT2D eigenvalue weighted by atomic mass is 9.50. The van der Waals surface area contributed by atoms with Gasteiger partial charge in [0, 0.05) is 6.42 Å². The first-order chi connectivity index (χ1) is 10.6. The van der Waals surface area contributed by atoms with Crippen LogP contribution in [0.5, 0.6) is 0 Å². The molecule has 22 heavy (non-hydrogen) atoms. The van der Waals surface area contributed by atoms with Crippen molar-refractivity contribution in [2.45, 2.75) is 72.1 Å². The van der Waals surface area contributed by atoms with Gasteiger partial charge >= 0.3 is 0 Å². The molecule has 0 heterocycles. The molecule has 0 saturated heterocycles. The molecule has 3 fully saturated rings. The molecule has 0 bridgehead atoms. The van der Waals surface area contributed by atoms with Crippen LogP contribution in [0.1, 0.15) is 72.1 Å². The zero-order chi connectivity index (χ0) is 15.5. The van der Waals surface area contributed by atoms with Gasteiger partial charge in [-0.2, -0.15) is 0 Å². The number of ketones is 1. The number of hydrogen-bond acceptors (Lipinski definition) is 1. The average Bonchev–Trinajstić information content (AvgIpc) is 3.30. The van der Waals surface area contributed by atoms with Crippen molar-refractivity contribution in [3.63, 3.8) is 0 Å². The fourth-order valence-corrected chi connectivity index (χ4v) is 6.71. The molecule has 0 radical (unpaired) electrons. The van der Waals surface area contributed by atoms with Crippen molar-refractivity contribution in [3.05, 3.63) is 11.6 Å². The number of allylic oxidation sites excluding steroid dienone is 2. The molecule has 7 unspecified atom stereocenters. The molecule has 4 rings (SSSR count). The predicted octanol–water partition coefficient (Wildman–Crippen LogP) is 5.40. The van der Waals surface area contributed by atoms with Gasteiger partial charge in [0.05, 0.1) is 0 Å². The molecule has 0 N–H and O–H groups in total. The number of hydrogen-bond donors (Lipinski definition) is 0. The highest BCUT2D eigenvalue weighted by Gasteiger charge is 2.61. The van der Waals surface area contributed by atoms with Gasteiger partial charge in [-0.05, 0) is 79.1 Å². The van der Waals surface area contributed by atoms with Crippen LogP contribution in [0.3, 0.4) is 0 Å². The third kappa shape index (κ3) is 2.07. The van der Waals surface area contributed by atoms with E-state index >= 15 is 0 Å². The maximum atomic E-state index is 11.9. The lowest BCUT2D eigenvalue weighted by Crippen LogP contribution is -2.47. The first-order valence-electron chi connectivity index (χ1n) is 9.83. The van der Waals surface area contributed by atoms with Crippen molar-refractivity contribution in [3.8, 4) is 0 Å². The first-order valence-corrected chi connectivity index (χ1v) is 9.83. The van der Waals surface area contributed by atoms with E-state index in [-0.39, 0.29) is 0 Å². The van der Waals surface area contributed by atoms with Gasteiger partial charge in [-0.25, -0.2) is 0 Å². The van der Waals surface area contributed by atoms with Crippen molar-refractivity contribution in [2.75, 3.05) is 0 Å². The molecular formula is C21H32O. The van der Waals surface area contributed by atoms with E-state index in [0.717, 1.165) is 48.3 Å². The van der Waals surface area contributed by atoms with Crippen LogP contribution in [0, 0.1) is 40.9 Å². The third-order valence-electron chi connectivity index (χ3n) is 8.05. The van der Waals surface area contributed by atoms with Gasteiger partial charge in [0.2, 0.25) is 0 Å². The molecule has 0 aromatic rings. The normalized spacial score (nSPS) is 49.8. The molecular weight excluding hydrogens is 268 g/mol. The fourth-order valence-electron chi connectivity index (χ4n) is 6.71. The molecule has 122 valence electrons. The maximum Gasteiger partial charge on any atom is 0.155 e. The summed E-state index contributed by atoms with van der Waals surface area (Å²) in [7, 11) is 0. The van der Waals surface area contributed by atoms with Crippen molar-refractivity contribution in [2.24, 2.45) is 40.9 Å².